The quantitative estimate of drug-likeness (QED) is 0.541. The van der Waals surface area contributed by atoms with Gasteiger partial charge in [0, 0.05) is 24.1 Å². The van der Waals surface area contributed by atoms with Crippen LogP contribution >= 0.6 is 0 Å². The summed E-state index contributed by atoms with van der Waals surface area (Å²) in [7, 11) is 3.11. The largest absolute Gasteiger partial charge is 0.497 e. The molecule has 148 valence electrons. The van der Waals surface area contributed by atoms with Crippen molar-refractivity contribution in [2.24, 2.45) is 5.10 Å². The van der Waals surface area contributed by atoms with Crippen LogP contribution in [0.15, 0.2) is 41.5 Å². The summed E-state index contributed by atoms with van der Waals surface area (Å²) < 4.78 is 10.4. The van der Waals surface area contributed by atoms with Gasteiger partial charge in [-0.3, -0.25) is 9.59 Å². The lowest BCUT2D eigenvalue weighted by Gasteiger charge is -2.10. The Labute approximate surface area is 164 Å². The number of hydrogen-bond acceptors (Lipinski definition) is 5. The van der Waals surface area contributed by atoms with E-state index >= 15 is 0 Å². The molecule has 0 spiro atoms. The highest BCUT2D eigenvalue weighted by Crippen LogP contribution is 2.22. The number of benzene rings is 2. The second-order valence-corrected chi connectivity index (χ2v) is 6.20. The van der Waals surface area contributed by atoms with Gasteiger partial charge in [0.15, 0.2) is 0 Å². The molecular formula is C21H25N3O4. The van der Waals surface area contributed by atoms with E-state index in [-0.39, 0.29) is 24.7 Å². The molecule has 0 saturated carbocycles. The molecule has 2 rings (SSSR count). The summed E-state index contributed by atoms with van der Waals surface area (Å²) in [6.07, 6.45) is 1.57. The zero-order valence-electron chi connectivity index (χ0n) is 16.5. The van der Waals surface area contributed by atoms with Gasteiger partial charge in [0.25, 0.3) is 0 Å². The number of amides is 2. The Hall–Kier alpha value is -3.35. The van der Waals surface area contributed by atoms with Crippen molar-refractivity contribution in [3.63, 3.8) is 0 Å². The number of nitrogens with zero attached hydrogens (tertiary/aromatic N) is 1. The van der Waals surface area contributed by atoms with Gasteiger partial charge in [-0.25, -0.2) is 5.43 Å². The zero-order valence-corrected chi connectivity index (χ0v) is 16.5. The monoisotopic (exact) mass is 383 g/mol. The number of methoxy groups -OCH3 is 2. The Morgan fingerprint density at radius 3 is 2.50 bits per heavy atom. The van der Waals surface area contributed by atoms with Crippen LogP contribution in [0.1, 0.15) is 29.5 Å². The molecule has 2 N–H and O–H groups in total. The van der Waals surface area contributed by atoms with E-state index in [1.54, 1.807) is 32.4 Å². The number of aryl methyl sites for hydroxylation is 1. The summed E-state index contributed by atoms with van der Waals surface area (Å²) in [5, 5.41) is 6.75. The van der Waals surface area contributed by atoms with Gasteiger partial charge < -0.3 is 14.8 Å². The fourth-order valence-electron chi connectivity index (χ4n) is 2.50. The minimum Gasteiger partial charge on any atom is -0.497 e. The minimum atomic E-state index is -0.353. The van der Waals surface area contributed by atoms with Crippen molar-refractivity contribution in [3.8, 4) is 11.5 Å². The summed E-state index contributed by atoms with van der Waals surface area (Å²) in [5.41, 5.74) is 5.94. The first-order chi connectivity index (χ1) is 13.4. The Morgan fingerprint density at radius 2 is 1.79 bits per heavy atom. The topological polar surface area (TPSA) is 89.0 Å². The van der Waals surface area contributed by atoms with Crippen molar-refractivity contribution in [1.82, 2.24) is 5.43 Å². The van der Waals surface area contributed by atoms with Crippen LogP contribution in [0.2, 0.25) is 0 Å². The van der Waals surface area contributed by atoms with Crippen molar-refractivity contribution in [3.05, 3.63) is 53.1 Å². The molecule has 0 atom stereocenters. The molecule has 2 amide bonds. The summed E-state index contributed by atoms with van der Waals surface area (Å²) >= 11 is 0. The maximum Gasteiger partial charge on any atom is 0.240 e. The molecule has 0 heterocycles. The van der Waals surface area contributed by atoms with Gasteiger partial charge in [-0.15, -0.1) is 0 Å². The molecule has 0 aromatic heterocycles. The first-order valence-electron chi connectivity index (χ1n) is 8.84. The second kappa shape index (κ2) is 10.1. The van der Waals surface area contributed by atoms with E-state index in [2.05, 4.69) is 15.8 Å². The van der Waals surface area contributed by atoms with Gasteiger partial charge in [0.05, 0.1) is 20.4 Å². The molecule has 0 aliphatic rings. The number of nitrogens with one attached hydrogen (secondary N) is 2. The SMILES string of the molecule is COc1ccc(OC)c(/C=N/NC(=O)CCC(=O)Nc2cccc(C)c2C)c1. The van der Waals surface area contributed by atoms with Crippen LogP contribution in [0.4, 0.5) is 5.69 Å². The molecule has 0 aliphatic carbocycles. The fraction of sp³-hybridized carbons (Fsp3) is 0.286. The molecule has 2 aromatic carbocycles. The summed E-state index contributed by atoms with van der Waals surface area (Å²) in [6.45, 7) is 3.92. The first-order valence-corrected chi connectivity index (χ1v) is 8.84. The average molecular weight is 383 g/mol. The number of rotatable bonds is 8. The van der Waals surface area contributed by atoms with Gasteiger partial charge in [-0.05, 0) is 49.2 Å². The van der Waals surface area contributed by atoms with Crippen molar-refractivity contribution < 1.29 is 19.1 Å². The highest BCUT2D eigenvalue weighted by molar-refractivity contribution is 5.94. The van der Waals surface area contributed by atoms with Crippen LogP contribution in [0, 0.1) is 13.8 Å². The number of carbonyl (C=O) groups excluding carboxylic acids is 2. The molecule has 0 saturated heterocycles. The molecule has 0 bridgehead atoms. The van der Waals surface area contributed by atoms with Crippen LogP contribution < -0.4 is 20.2 Å². The molecule has 0 aliphatic heterocycles. The van der Waals surface area contributed by atoms with Crippen molar-refractivity contribution in [2.75, 3.05) is 19.5 Å². The third-order valence-electron chi connectivity index (χ3n) is 4.29. The number of ether oxygens (including phenoxy) is 2. The zero-order chi connectivity index (χ0) is 20.5. The number of carbonyl (C=O) groups is 2. The third kappa shape index (κ3) is 5.84. The molecule has 2 aromatic rings. The number of hydrazone groups is 1. The fourth-order valence-corrected chi connectivity index (χ4v) is 2.50. The predicted octanol–water partition coefficient (Wildman–Crippen LogP) is 3.19. The number of anilines is 1. The summed E-state index contributed by atoms with van der Waals surface area (Å²) in [4.78, 5) is 24.0. The summed E-state index contributed by atoms with van der Waals surface area (Å²) in [5.74, 6) is 0.680. The van der Waals surface area contributed by atoms with Gasteiger partial charge >= 0.3 is 0 Å². The predicted molar refractivity (Wildman–Crippen MR) is 109 cm³/mol. The summed E-state index contributed by atoms with van der Waals surface area (Å²) in [6, 6.07) is 11.0. The minimum absolute atomic E-state index is 0.0310. The van der Waals surface area contributed by atoms with Crippen LogP contribution in [-0.2, 0) is 9.59 Å². The van der Waals surface area contributed by atoms with E-state index < -0.39 is 0 Å². The van der Waals surface area contributed by atoms with Gasteiger partial charge in [0.2, 0.25) is 11.8 Å². The smallest absolute Gasteiger partial charge is 0.240 e. The lowest BCUT2D eigenvalue weighted by Crippen LogP contribution is -2.21. The van der Waals surface area contributed by atoms with E-state index in [1.807, 2.05) is 32.0 Å². The molecule has 0 radical (unpaired) electrons. The third-order valence-corrected chi connectivity index (χ3v) is 4.29. The lowest BCUT2D eigenvalue weighted by atomic mass is 10.1. The maximum absolute atomic E-state index is 12.1. The van der Waals surface area contributed by atoms with E-state index in [0.717, 1.165) is 16.8 Å². The van der Waals surface area contributed by atoms with Gasteiger partial charge in [0.1, 0.15) is 11.5 Å². The lowest BCUT2D eigenvalue weighted by molar-refractivity contribution is -0.124. The molecule has 7 heteroatoms. The van der Waals surface area contributed by atoms with Gasteiger partial charge in [-0.1, -0.05) is 12.1 Å². The Balaban J connectivity index is 1.85. The molecule has 0 fully saturated rings. The van der Waals surface area contributed by atoms with E-state index in [4.69, 9.17) is 9.47 Å². The standard InChI is InChI=1S/C21H25N3O4/c1-14-6-5-7-18(15(14)2)23-20(25)10-11-21(26)24-22-13-16-12-17(27-3)8-9-19(16)28-4/h5-9,12-13H,10-11H2,1-4H3,(H,23,25)(H,24,26)/b22-13+. The van der Waals surface area contributed by atoms with Crippen LogP contribution in [-0.4, -0.2) is 32.2 Å². The molecule has 28 heavy (non-hydrogen) atoms. The number of hydrogen-bond donors (Lipinski definition) is 2. The second-order valence-electron chi connectivity index (χ2n) is 6.20. The Morgan fingerprint density at radius 1 is 1.04 bits per heavy atom. The Kier molecular flexibility index (Phi) is 7.56. The molecule has 0 unspecified atom stereocenters. The van der Waals surface area contributed by atoms with Crippen molar-refractivity contribution in [1.29, 1.82) is 0 Å². The first kappa shape index (κ1) is 21.0. The highest BCUT2D eigenvalue weighted by atomic mass is 16.5. The Bertz CT molecular complexity index is 878. The van der Waals surface area contributed by atoms with E-state index in [0.29, 0.717) is 17.1 Å². The molecule has 7 nitrogen and oxygen atoms in total. The normalized spacial score (nSPS) is 10.6. The van der Waals surface area contributed by atoms with Crippen molar-refractivity contribution in [2.45, 2.75) is 26.7 Å². The van der Waals surface area contributed by atoms with E-state index in [1.165, 1.54) is 6.21 Å². The van der Waals surface area contributed by atoms with Gasteiger partial charge in [-0.2, -0.15) is 5.10 Å². The average Bonchev–Trinajstić information content (AvgIpc) is 2.69. The molecular weight excluding hydrogens is 358 g/mol. The van der Waals surface area contributed by atoms with Crippen LogP contribution in [0.25, 0.3) is 0 Å². The van der Waals surface area contributed by atoms with Crippen LogP contribution in [0.3, 0.4) is 0 Å². The van der Waals surface area contributed by atoms with Crippen molar-refractivity contribution >= 4 is 23.7 Å². The maximum atomic E-state index is 12.1. The van der Waals surface area contributed by atoms with Crippen LogP contribution in [0.5, 0.6) is 11.5 Å². The highest BCUT2D eigenvalue weighted by Gasteiger charge is 2.09. The van der Waals surface area contributed by atoms with E-state index in [9.17, 15) is 9.59 Å².